The molecule has 2 heterocycles. The number of benzene rings is 2. The van der Waals surface area contributed by atoms with Crippen molar-refractivity contribution in [1.82, 2.24) is 20.2 Å². The number of amides is 1. The zero-order valence-electron chi connectivity index (χ0n) is 15.0. The van der Waals surface area contributed by atoms with Crippen molar-refractivity contribution in [1.29, 1.82) is 0 Å². The summed E-state index contributed by atoms with van der Waals surface area (Å²) in [7, 11) is 0. The summed E-state index contributed by atoms with van der Waals surface area (Å²) >= 11 is 3.14. The molecule has 1 atom stereocenters. The molecule has 2 aromatic heterocycles. The number of nitrogens with one attached hydrogen (secondary N) is 1. The molecule has 8 heteroatoms. The highest BCUT2D eigenvalue weighted by atomic mass is 32.2. The first-order chi connectivity index (χ1) is 13.7. The lowest BCUT2D eigenvalue weighted by molar-refractivity contribution is -0.119. The molecule has 0 fully saturated rings. The Hall–Kier alpha value is -2.97. The van der Waals surface area contributed by atoms with Crippen molar-refractivity contribution < 1.29 is 4.79 Å². The van der Waals surface area contributed by atoms with Crippen LogP contribution >= 0.6 is 23.1 Å². The number of aromatic nitrogens is 4. The molecule has 0 radical (unpaired) electrons. The number of para-hydroxylation sites is 1. The topological polar surface area (TPSA) is 72.7 Å². The van der Waals surface area contributed by atoms with E-state index >= 15 is 0 Å². The summed E-state index contributed by atoms with van der Waals surface area (Å²) in [4.78, 5) is 17.1. The van der Waals surface area contributed by atoms with Crippen LogP contribution in [-0.4, -0.2) is 26.1 Å². The Morgan fingerprint density at radius 3 is 2.64 bits per heavy atom. The maximum atomic E-state index is 12.8. The van der Waals surface area contributed by atoms with Crippen LogP contribution in [0, 0.1) is 0 Å². The van der Waals surface area contributed by atoms with E-state index in [0.717, 1.165) is 20.4 Å². The van der Waals surface area contributed by atoms with Gasteiger partial charge in [0.2, 0.25) is 5.82 Å². The number of anilines is 1. The molecule has 4 aromatic rings. The third-order valence-corrected chi connectivity index (χ3v) is 5.96. The van der Waals surface area contributed by atoms with E-state index in [0.29, 0.717) is 5.82 Å². The highest BCUT2D eigenvalue weighted by Crippen LogP contribution is 2.33. The van der Waals surface area contributed by atoms with Gasteiger partial charge in [-0.3, -0.25) is 4.79 Å². The Labute approximate surface area is 170 Å². The molecule has 140 valence electrons. The van der Waals surface area contributed by atoms with Crippen LogP contribution in [0.1, 0.15) is 13.0 Å². The second kappa shape index (κ2) is 8.37. The summed E-state index contributed by atoms with van der Waals surface area (Å²) < 4.78 is 0. The van der Waals surface area contributed by atoms with Gasteiger partial charge in [-0.1, -0.05) is 48.2 Å². The molecule has 0 saturated heterocycles. The summed E-state index contributed by atoms with van der Waals surface area (Å²) in [5, 5.41) is 17.4. The van der Waals surface area contributed by atoms with E-state index in [2.05, 4.69) is 20.7 Å². The fourth-order valence-electron chi connectivity index (χ4n) is 2.51. The van der Waals surface area contributed by atoms with Crippen LogP contribution < -0.4 is 5.32 Å². The van der Waals surface area contributed by atoms with Crippen molar-refractivity contribution in [3.05, 3.63) is 72.1 Å². The van der Waals surface area contributed by atoms with E-state index in [1.54, 1.807) is 18.7 Å². The minimum absolute atomic E-state index is 0.198. The van der Waals surface area contributed by atoms with Crippen LogP contribution in [0.25, 0.3) is 10.7 Å². The maximum Gasteiger partial charge on any atom is 0.250 e. The number of tetrazole rings is 1. The van der Waals surface area contributed by atoms with Crippen LogP contribution in [0.15, 0.2) is 81.9 Å². The number of thiophene rings is 1. The van der Waals surface area contributed by atoms with Gasteiger partial charge in [0.15, 0.2) is 0 Å². The molecule has 6 nitrogen and oxygen atoms in total. The van der Waals surface area contributed by atoms with Crippen molar-refractivity contribution in [2.45, 2.75) is 22.8 Å². The molecule has 0 spiro atoms. The van der Waals surface area contributed by atoms with Gasteiger partial charge in [0.1, 0.15) is 6.04 Å². The first-order valence-corrected chi connectivity index (χ1v) is 10.4. The number of carbonyl (C=O) groups is 1. The molecule has 28 heavy (non-hydrogen) atoms. The monoisotopic (exact) mass is 407 g/mol. The number of hydrogen-bond acceptors (Lipinski definition) is 6. The lowest BCUT2D eigenvalue weighted by atomic mass is 10.3. The van der Waals surface area contributed by atoms with Crippen LogP contribution in [-0.2, 0) is 4.79 Å². The van der Waals surface area contributed by atoms with Gasteiger partial charge < -0.3 is 5.32 Å². The Balaban J connectivity index is 1.49. The highest BCUT2D eigenvalue weighted by molar-refractivity contribution is 7.99. The number of nitrogens with zero attached hydrogens (tertiary/aromatic N) is 4. The van der Waals surface area contributed by atoms with Gasteiger partial charge in [0, 0.05) is 9.79 Å². The number of carbonyl (C=O) groups excluding carboxylic acids is 1. The van der Waals surface area contributed by atoms with Gasteiger partial charge in [-0.25, -0.2) is 0 Å². The van der Waals surface area contributed by atoms with Gasteiger partial charge >= 0.3 is 0 Å². The normalized spacial score (nSPS) is 11.9. The molecule has 0 aliphatic heterocycles. The molecule has 0 saturated carbocycles. The van der Waals surface area contributed by atoms with Crippen molar-refractivity contribution in [3.8, 4) is 10.7 Å². The van der Waals surface area contributed by atoms with Crippen LogP contribution in [0.5, 0.6) is 0 Å². The van der Waals surface area contributed by atoms with Crippen molar-refractivity contribution in [2.24, 2.45) is 0 Å². The molecule has 0 unspecified atom stereocenters. The average Bonchev–Trinajstić information content (AvgIpc) is 3.41. The van der Waals surface area contributed by atoms with Gasteiger partial charge in [0.05, 0.1) is 10.6 Å². The first-order valence-electron chi connectivity index (χ1n) is 8.67. The molecule has 1 amide bonds. The average molecular weight is 408 g/mol. The predicted octanol–water partition coefficient (Wildman–Crippen LogP) is 4.75. The molecule has 4 rings (SSSR count). The minimum atomic E-state index is -0.587. The van der Waals surface area contributed by atoms with Crippen molar-refractivity contribution in [2.75, 3.05) is 5.32 Å². The Bertz CT molecular complexity index is 1060. The Kier molecular flexibility index (Phi) is 5.50. The van der Waals surface area contributed by atoms with Gasteiger partial charge in [0.25, 0.3) is 5.91 Å². The van der Waals surface area contributed by atoms with Gasteiger partial charge in [-0.05, 0) is 47.8 Å². The summed E-state index contributed by atoms with van der Waals surface area (Å²) in [5.74, 6) is 0.325. The molecule has 1 N–H and O–H groups in total. The second-order valence-corrected chi connectivity index (χ2v) is 8.05. The van der Waals surface area contributed by atoms with E-state index < -0.39 is 6.04 Å². The first kappa shape index (κ1) is 18.4. The SMILES string of the molecule is C[C@@H](C(=O)Nc1ccccc1Sc1ccccc1)n1nnc(-c2cccs2)n1. The van der Waals surface area contributed by atoms with E-state index in [-0.39, 0.29) is 5.91 Å². The molecule has 0 aliphatic rings. The smallest absolute Gasteiger partial charge is 0.250 e. The minimum Gasteiger partial charge on any atom is -0.323 e. The number of hydrogen-bond donors (Lipinski definition) is 1. The van der Waals surface area contributed by atoms with Crippen molar-refractivity contribution >= 4 is 34.7 Å². The maximum absolute atomic E-state index is 12.8. The van der Waals surface area contributed by atoms with Crippen LogP contribution in [0.4, 0.5) is 5.69 Å². The fraction of sp³-hybridized carbons (Fsp3) is 0.100. The third-order valence-electron chi connectivity index (χ3n) is 4.01. The summed E-state index contributed by atoms with van der Waals surface area (Å²) in [6, 6.07) is 21.0. The molecule has 2 aromatic carbocycles. The van der Waals surface area contributed by atoms with Gasteiger partial charge in [-0.15, -0.1) is 21.5 Å². The summed E-state index contributed by atoms with van der Waals surface area (Å²) in [6.45, 7) is 1.75. The Morgan fingerprint density at radius 1 is 1.07 bits per heavy atom. The predicted molar refractivity (Wildman–Crippen MR) is 111 cm³/mol. The van der Waals surface area contributed by atoms with E-state index in [9.17, 15) is 4.79 Å². The second-order valence-electron chi connectivity index (χ2n) is 5.99. The van der Waals surface area contributed by atoms with E-state index in [1.165, 1.54) is 16.1 Å². The lowest BCUT2D eigenvalue weighted by Crippen LogP contribution is -2.25. The zero-order valence-corrected chi connectivity index (χ0v) is 16.7. The Morgan fingerprint density at radius 2 is 1.86 bits per heavy atom. The van der Waals surface area contributed by atoms with E-state index in [1.807, 2.05) is 72.1 Å². The molecular formula is C20H17N5OS2. The van der Waals surface area contributed by atoms with Crippen LogP contribution in [0.3, 0.4) is 0 Å². The number of rotatable bonds is 6. The molecule has 0 aliphatic carbocycles. The van der Waals surface area contributed by atoms with Crippen molar-refractivity contribution in [3.63, 3.8) is 0 Å². The fourth-order valence-corrected chi connectivity index (χ4v) is 4.08. The molecular weight excluding hydrogens is 390 g/mol. The highest BCUT2D eigenvalue weighted by Gasteiger charge is 2.20. The lowest BCUT2D eigenvalue weighted by Gasteiger charge is -2.14. The third kappa shape index (κ3) is 4.13. The largest absolute Gasteiger partial charge is 0.323 e. The van der Waals surface area contributed by atoms with Crippen LogP contribution in [0.2, 0.25) is 0 Å². The summed E-state index contributed by atoms with van der Waals surface area (Å²) in [5.41, 5.74) is 0.756. The quantitative estimate of drug-likeness (QED) is 0.499. The molecule has 0 bridgehead atoms. The summed E-state index contributed by atoms with van der Waals surface area (Å²) in [6.07, 6.45) is 0. The van der Waals surface area contributed by atoms with E-state index in [4.69, 9.17) is 0 Å². The van der Waals surface area contributed by atoms with Gasteiger partial charge in [-0.2, -0.15) is 4.80 Å². The zero-order chi connectivity index (χ0) is 19.3. The standard InChI is InChI=1S/C20H17N5OS2/c1-14(25-23-19(22-24-25)18-12-7-13-27-18)20(26)21-16-10-5-6-11-17(16)28-15-8-3-2-4-9-15/h2-14H,1H3,(H,21,26)/t14-/m0/s1.